The maximum atomic E-state index is 12.0. The van der Waals surface area contributed by atoms with E-state index in [-0.39, 0.29) is 18.2 Å². The van der Waals surface area contributed by atoms with E-state index in [0.29, 0.717) is 5.56 Å². The molecule has 0 amide bonds. The molecule has 22 heavy (non-hydrogen) atoms. The Morgan fingerprint density at radius 1 is 1.14 bits per heavy atom. The summed E-state index contributed by atoms with van der Waals surface area (Å²) in [5, 5.41) is 10.6. The van der Waals surface area contributed by atoms with Crippen LogP contribution in [0.1, 0.15) is 35.2 Å². The number of hydrogen-bond donors (Lipinski definition) is 0. The molecule has 0 N–H and O–H groups in total. The van der Waals surface area contributed by atoms with Gasteiger partial charge in [0.05, 0.1) is 17.1 Å². The van der Waals surface area contributed by atoms with Crippen LogP contribution in [0, 0.1) is 10.1 Å². The maximum Gasteiger partial charge on any atom is 0.338 e. The lowest BCUT2D eigenvalue weighted by atomic mass is 9.97. The third-order valence-electron chi connectivity index (χ3n) is 3.49. The van der Waals surface area contributed by atoms with Gasteiger partial charge in [-0.2, -0.15) is 0 Å². The number of benzene rings is 2. The van der Waals surface area contributed by atoms with Crippen LogP contribution in [-0.4, -0.2) is 17.5 Å². The van der Waals surface area contributed by atoms with E-state index >= 15 is 0 Å². The molecule has 0 aliphatic carbocycles. The van der Waals surface area contributed by atoms with Gasteiger partial charge in [-0.25, -0.2) is 4.79 Å². The number of esters is 1. The Labute approximate surface area is 128 Å². The van der Waals surface area contributed by atoms with Crippen LogP contribution in [-0.2, 0) is 4.74 Å². The molecule has 0 aliphatic rings. The molecule has 0 heterocycles. The molecule has 2 aromatic carbocycles. The van der Waals surface area contributed by atoms with Crippen molar-refractivity contribution in [3.63, 3.8) is 0 Å². The summed E-state index contributed by atoms with van der Waals surface area (Å²) in [6.07, 6.45) is 0.859. The molecule has 5 nitrogen and oxygen atoms in total. The summed E-state index contributed by atoms with van der Waals surface area (Å²) in [5.74, 6) is -0.326. The molecule has 0 aromatic heterocycles. The van der Waals surface area contributed by atoms with Gasteiger partial charge in [-0.15, -0.1) is 0 Å². The number of ether oxygens (including phenoxy) is 1. The van der Waals surface area contributed by atoms with E-state index in [4.69, 9.17) is 4.74 Å². The minimum absolute atomic E-state index is 0.0488. The van der Waals surface area contributed by atoms with Gasteiger partial charge in [-0.3, -0.25) is 10.1 Å². The van der Waals surface area contributed by atoms with Crippen molar-refractivity contribution in [3.8, 4) is 0 Å². The number of hydrogen-bond acceptors (Lipinski definition) is 4. The Bertz CT molecular complexity index is 637. The molecule has 0 radical (unpaired) electrons. The Balaban J connectivity index is 1.98. The highest BCUT2D eigenvalue weighted by atomic mass is 16.6. The molecule has 2 aromatic rings. The van der Waals surface area contributed by atoms with Gasteiger partial charge in [0.2, 0.25) is 0 Å². The van der Waals surface area contributed by atoms with Crippen LogP contribution >= 0.6 is 0 Å². The van der Waals surface area contributed by atoms with Crippen LogP contribution in [0.25, 0.3) is 0 Å². The predicted molar refractivity (Wildman–Crippen MR) is 82.9 cm³/mol. The fraction of sp³-hybridized carbons (Fsp3) is 0.235. The molecule has 1 atom stereocenters. The molecular formula is C17H17NO4. The molecule has 0 saturated carbocycles. The predicted octanol–water partition coefficient (Wildman–Crippen LogP) is 3.95. The van der Waals surface area contributed by atoms with E-state index in [9.17, 15) is 14.9 Å². The molecule has 0 unspecified atom stereocenters. The van der Waals surface area contributed by atoms with Crippen molar-refractivity contribution in [2.24, 2.45) is 0 Å². The Morgan fingerprint density at radius 2 is 1.77 bits per heavy atom. The zero-order valence-corrected chi connectivity index (χ0v) is 12.3. The van der Waals surface area contributed by atoms with Gasteiger partial charge >= 0.3 is 5.97 Å². The smallest absolute Gasteiger partial charge is 0.338 e. The Kier molecular flexibility index (Phi) is 5.25. The van der Waals surface area contributed by atoms with Crippen LogP contribution in [0.4, 0.5) is 5.69 Å². The van der Waals surface area contributed by atoms with Crippen molar-refractivity contribution in [2.45, 2.75) is 19.3 Å². The van der Waals surface area contributed by atoms with Crippen molar-refractivity contribution in [3.05, 3.63) is 75.8 Å². The van der Waals surface area contributed by atoms with Crippen LogP contribution in [0.5, 0.6) is 0 Å². The summed E-state index contributed by atoms with van der Waals surface area (Å²) >= 11 is 0. The van der Waals surface area contributed by atoms with E-state index in [1.54, 1.807) is 0 Å². The Hall–Kier alpha value is -2.69. The van der Waals surface area contributed by atoms with E-state index in [1.807, 2.05) is 37.3 Å². The summed E-state index contributed by atoms with van der Waals surface area (Å²) in [6, 6.07) is 15.3. The lowest BCUT2D eigenvalue weighted by Crippen LogP contribution is -2.12. The normalized spacial score (nSPS) is 11.7. The van der Waals surface area contributed by atoms with Crippen molar-refractivity contribution >= 4 is 11.7 Å². The SMILES string of the molecule is CC[C@@H](COC(=O)c1ccc([N+](=O)[O-])cc1)c1ccccc1. The third kappa shape index (κ3) is 3.91. The molecule has 5 heteroatoms. The second kappa shape index (κ2) is 7.36. The van der Waals surface area contributed by atoms with Crippen LogP contribution < -0.4 is 0 Å². The summed E-state index contributed by atoms with van der Waals surface area (Å²) in [4.78, 5) is 22.1. The van der Waals surface area contributed by atoms with Crippen molar-refractivity contribution in [1.29, 1.82) is 0 Å². The van der Waals surface area contributed by atoms with Gasteiger partial charge in [0.1, 0.15) is 0 Å². The average Bonchev–Trinajstić information content (AvgIpc) is 2.56. The van der Waals surface area contributed by atoms with E-state index in [0.717, 1.165) is 12.0 Å². The van der Waals surface area contributed by atoms with Crippen molar-refractivity contribution in [1.82, 2.24) is 0 Å². The molecule has 114 valence electrons. The highest BCUT2D eigenvalue weighted by molar-refractivity contribution is 5.89. The number of rotatable bonds is 6. The number of nitro groups is 1. The minimum atomic E-state index is -0.502. The first-order valence-electron chi connectivity index (χ1n) is 7.08. The lowest BCUT2D eigenvalue weighted by Gasteiger charge is -2.15. The van der Waals surface area contributed by atoms with Crippen molar-refractivity contribution in [2.75, 3.05) is 6.61 Å². The first-order valence-corrected chi connectivity index (χ1v) is 7.08. The average molecular weight is 299 g/mol. The molecule has 0 aliphatic heterocycles. The highest BCUT2D eigenvalue weighted by Crippen LogP contribution is 2.20. The van der Waals surface area contributed by atoms with Gasteiger partial charge in [-0.05, 0) is 24.1 Å². The molecular weight excluding hydrogens is 282 g/mol. The highest BCUT2D eigenvalue weighted by Gasteiger charge is 2.14. The monoisotopic (exact) mass is 299 g/mol. The van der Waals surface area contributed by atoms with Crippen LogP contribution in [0.2, 0.25) is 0 Å². The van der Waals surface area contributed by atoms with Gasteiger partial charge in [-0.1, -0.05) is 37.3 Å². The quantitative estimate of drug-likeness (QED) is 0.460. The number of carbonyl (C=O) groups is 1. The van der Waals surface area contributed by atoms with Crippen LogP contribution in [0.3, 0.4) is 0 Å². The second-order valence-electron chi connectivity index (χ2n) is 4.92. The molecule has 0 fully saturated rings. The molecule has 0 spiro atoms. The van der Waals surface area contributed by atoms with Crippen molar-refractivity contribution < 1.29 is 14.5 Å². The second-order valence-corrected chi connectivity index (χ2v) is 4.92. The third-order valence-corrected chi connectivity index (χ3v) is 3.49. The number of nitrogens with zero attached hydrogens (tertiary/aromatic N) is 1. The molecule has 0 saturated heterocycles. The maximum absolute atomic E-state index is 12.0. The zero-order chi connectivity index (χ0) is 15.9. The van der Waals surface area contributed by atoms with Gasteiger partial charge in [0.15, 0.2) is 0 Å². The topological polar surface area (TPSA) is 69.4 Å². The molecule has 2 rings (SSSR count). The number of carbonyl (C=O) groups excluding carboxylic acids is 1. The first kappa shape index (κ1) is 15.7. The molecule has 0 bridgehead atoms. The van der Waals surface area contributed by atoms with E-state index < -0.39 is 10.9 Å². The minimum Gasteiger partial charge on any atom is -0.461 e. The summed E-state index contributed by atoms with van der Waals surface area (Å²) in [7, 11) is 0. The standard InChI is InChI=1S/C17H17NO4/c1-2-13(14-6-4-3-5-7-14)12-22-17(19)15-8-10-16(11-9-15)18(20)21/h3-11,13H,2,12H2,1H3/t13-/m0/s1. The summed E-state index contributed by atoms with van der Waals surface area (Å²) < 4.78 is 5.33. The zero-order valence-electron chi connectivity index (χ0n) is 12.3. The van der Waals surface area contributed by atoms with Gasteiger partial charge in [0.25, 0.3) is 5.69 Å². The van der Waals surface area contributed by atoms with E-state index in [2.05, 4.69) is 0 Å². The summed E-state index contributed by atoms with van der Waals surface area (Å²) in [6.45, 7) is 2.33. The number of non-ortho nitro benzene ring substituents is 1. The fourth-order valence-corrected chi connectivity index (χ4v) is 2.15. The summed E-state index contributed by atoms with van der Waals surface area (Å²) in [5.41, 5.74) is 1.39. The lowest BCUT2D eigenvalue weighted by molar-refractivity contribution is -0.384. The Morgan fingerprint density at radius 3 is 2.32 bits per heavy atom. The number of nitro benzene ring substituents is 1. The largest absolute Gasteiger partial charge is 0.461 e. The van der Waals surface area contributed by atoms with Gasteiger partial charge in [0, 0.05) is 18.1 Å². The van der Waals surface area contributed by atoms with Gasteiger partial charge < -0.3 is 4.74 Å². The fourth-order valence-electron chi connectivity index (χ4n) is 2.15. The first-order chi connectivity index (χ1) is 10.6. The van der Waals surface area contributed by atoms with Crippen LogP contribution in [0.15, 0.2) is 54.6 Å². The van der Waals surface area contributed by atoms with E-state index in [1.165, 1.54) is 24.3 Å².